The first-order valence-corrected chi connectivity index (χ1v) is 9.34. The number of rotatable bonds is 5. The van der Waals surface area contributed by atoms with Crippen molar-refractivity contribution >= 4 is 21.4 Å². The van der Waals surface area contributed by atoms with E-state index in [4.69, 9.17) is 11.6 Å². The van der Waals surface area contributed by atoms with Crippen LogP contribution in [0.15, 0.2) is 0 Å². The summed E-state index contributed by atoms with van der Waals surface area (Å²) in [5.41, 5.74) is 2.07. The highest BCUT2D eigenvalue weighted by molar-refractivity contribution is 7.90. The number of likely N-dealkylation sites (tertiary alicyclic amines) is 1. The van der Waals surface area contributed by atoms with E-state index in [0.29, 0.717) is 11.6 Å². The molecule has 2 rings (SSSR count). The minimum Gasteiger partial charge on any atom is -0.296 e. The van der Waals surface area contributed by atoms with Gasteiger partial charge < -0.3 is 0 Å². The van der Waals surface area contributed by atoms with Crippen molar-refractivity contribution in [1.82, 2.24) is 14.7 Å². The van der Waals surface area contributed by atoms with Crippen molar-refractivity contribution in [2.24, 2.45) is 7.05 Å². The Morgan fingerprint density at radius 3 is 2.70 bits per heavy atom. The smallest absolute Gasteiger partial charge is 0.147 e. The largest absolute Gasteiger partial charge is 0.296 e. The minimum absolute atomic E-state index is 0.246. The molecule has 1 aliphatic heterocycles. The maximum atomic E-state index is 11.2. The van der Waals surface area contributed by atoms with Crippen LogP contribution in [0.25, 0.3) is 0 Å². The van der Waals surface area contributed by atoms with Gasteiger partial charge in [-0.05, 0) is 39.3 Å². The fraction of sp³-hybridized carbons (Fsp3) is 0.769. The van der Waals surface area contributed by atoms with Crippen molar-refractivity contribution in [1.29, 1.82) is 0 Å². The maximum absolute atomic E-state index is 11.2. The Hall–Kier alpha value is -0.590. The predicted octanol–water partition coefficient (Wildman–Crippen LogP) is 1.95. The second kappa shape index (κ2) is 6.03. The molecule has 0 bridgehead atoms. The molecule has 0 N–H and O–H groups in total. The van der Waals surface area contributed by atoms with Gasteiger partial charge in [-0.25, -0.2) is 8.42 Å². The van der Waals surface area contributed by atoms with Crippen molar-refractivity contribution in [3.63, 3.8) is 0 Å². The quantitative estimate of drug-likeness (QED) is 0.832. The van der Waals surface area contributed by atoms with Crippen LogP contribution < -0.4 is 0 Å². The molecule has 1 saturated heterocycles. The maximum Gasteiger partial charge on any atom is 0.147 e. The third-order valence-electron chi connectivity index (χ3n) is 3.85. The van der Waals surface area contributed by atoms with Crippen LogP contribution in [0.1, 0.15) is 36.6 Å². The van der Waals surface area contributed by atoms with Gasteiger partial charge in [-0.1, -0.05) is 11.6 Å². The van der Waals surface area contributed by atoms with E-state index in [0.717, 1.165) is 37.2 Å². The molecule has 1 aromatic rings. The zero-order chi connectivity index (χ0) is 14.9. The lowest BCUT2D eigenvalue weighted by Gasteiger charge is -2.24. The van der Waals surface area contributed by atoms with Crippen LogP contribution in [-0.2, 0) is 16.9 Å². The normalized spacial score (nSPS) is 20.7. The van der Waals surface area contributed by atoms with Gasteiger partial charge >= 0.3 is 0 Å². The van der Waals surface area contributed by atoms with Crippen molar-refractivity contribution in [3.05, 3.63) is 16.4 Å². The Labute approximate surface area is 125 Å². The SMILES string of the molecule is Cc1nn(C)c(Cl)c1[C@@H]1CCCN1CCCS(C)(=O)=O. The monoisotopic (exact) mass is 319 g/mol. The summed E-state index contributed by atoms with van der Waals surface area (Å²) < 4.78 is 24.1. The van der Waals surface area contributed by atoms with E-state index in [9.17, 15) is 8.42 Å². The average molecular weight is 320 g/mol. The van der Waals surface area contributed by atoms with Crippen molar-refractivity contribution in [2.75, 3.05) is 25.1 Å². The highest BCUT2D eigenvalue weighted by atomic mass is 35.5. The molecular formula is C13H22ClN3O2S. The zero-order valence-corrected chi connectivity index (χ0v) is 13.8. The van der Waals surface area contributed by atoms with Crippen molar-refractivity contribution < 1.29 is 8.42 Å². The Balaban J connectivity index is 2.07. The van der Waals surface area contributed by atoms with Crippen molar-refractivity contribution in [3.8, 4) is 0 Å². The number of sulfone groups is 1. The van der Waals surface area contributed by atoms with Crippen molar-refractivity contribution in [2.45, 2.75) is 32.2 Å². The van der Waals surface area contributed by atoms with Crippen LogP contribution in [0, 0.1) is 6.92 Å². The van der Waals surface area contributed by atoms with Crippen LogP contribution in [0.2, 0.25) is 5.15 Å². The number of hydrogen-bond donors (Lipinski definition) is 0. The predicted molar refractivity (Wildman–Crippen MR) is 80.8 cm³/mol. The van der Waals surface area contributed by atoms with Gasteiger partial charge in [-0.15, -0.1) is 0 Å². The van der Waals surface area contributed by atoms with E-state index in [1.807, 2.05) is 14.0 Å². The van der Waals surface area contributed by atoms with E-state index in [2.05, 4.69) is 10.00 Å². The second-order valence-corrected chi connectivity index (χ2v) is 8.21. The van der Waals surface area contributed by atoms with Gasteiger partial charge in [0, 0.05) is 24.9 Å². The van der Waals surface area contributed by atoms with Crippen LogP contribution in [0.4, 0.5) is 0 Å². The fourth-order valence-electron chi connectivity index (χ4n) is 2.98. The number of nitrogens with zero attached hydrogens (tertiary/aromatic N) is 3. The molecule has 5 nitrogen and oxygen atoms in total. The molecule has 0 radical (unpaired) electrons. The van der Waals surface area contributed by atoms with E-state index >= 15 is 0 Å². The third kappa shape index (κ3) is 3.54. The molecule has 7 heteroatoms. The molecule has 0 aliphatic carbocycles. The number of halogens is 1. The Morgan fingerprint density at radius 1 is 1.45 bits per heavy atom. The summed E-state index contributed by atoms with van der Waals surface area (Å²) in [6.45, 7) is 3.77. The van der Waals surface area contributed by atoms with E-state index in [1.54, 1.807) is 4.68 Å². The van der Waals surface area contributed by atoms with Gasteiger partial charge in [0.05, 0.1) is 11.4 Å². The van der Waals surface area contributed by atoms with Gasteiger partial charge in [0.1, 0.15) is 15.0 Å². The first kappa shape index (κ1) is 15.8. The van der Waals surface area contributed by atoms with Gasteiger partial charge in [0.25, 0.3) is 0 Å². The lowest BCUT2D eigenvalue weighted by Crippen LogP contribution is -2.26. The van der Waals surface area contributed by atoms with Gasteiger partial charge in [0.15, 0.2) is 0 Å². The van der Waals surface area contributed by atoms with Crippen LogP contribution in [0.5, 0.6) is 0 Å². The van der Waals surface area contributed by atoms with Crippen LogP contribution in [-0.4, -0.2) is 48.2 Å². The molecule has 20 heavy (non-hydrogen) atoms. The minimum atomic E-state index is -2.88. The molecule has 0 spiro atoms. The molecule has 2 heterocycles. The first-order chi connectivity index (χ1) is 9.29. The second-order valence-electron chi connectivity index (χ2n) is 5.59. The number of aromatic nitrogens is 2. The van der Waals surface area contributed by atoms with E-state index in [1.165, 1.54) is 6.26 Å². The number of aryl methyl sites for hydroxylation is 2. The lowest BCUT2D eigenvalue weighted by molar-refractivity contribution is 0.257. The van der Waals surface area contributed by atoms with Crippen LogP contribution >= 0.6 is 11.6 Å². The number of hydrogen-bond acceptors (Lipinski definition) is 4. The summed E-state index contributed by atoms with van der Waals surface area (Å²) in [4.78, 5) is 2.33. The van der Waals surface area contributed by atoms with Gasteiger partial charge in [-0.2, -0.15) is 5.10 Å². The summed E-state index contributed by atoms with van der Waals surface area (Å²) in [6.07, 6.45) is 4.14. The molecular weight excluding hydrogens is 298 g/mol. The van der Waals surface area contributed by atoms with Crippen LogP contribution in [0.3, 0.4) is 0 Å². The molecule has 114 valence electrons. The molecule has 1 aliphatic rings. The molecule has 1 atom stereocenters. The average Bonchev–Trinajstić information content (AvgIpc) is 2.84. The fourth-order valence-corrected chi connectivity index (χ4v) is 3.93. The summed E-state index contributed by atoms with van der Waals surface area (Å²) in [5, 5.41) is 5.07. The zero-order valence-electron chi connectivity index (χ0n) is 12.3. The molecule has 0 unspecified atom stereocenters. The first-order valence-electron chi connectivity index (χ1n) is 6.90. The van der Waals surface area contributed by atoms with Gasteiger partial charge in [0.2, 0.25) is 0 Å². The molecule has 1 aromatic heterocycles. The molecule has 1 fully saturated rings. The highest BCUT2D eigenvalue weighted by Gasteiger charge is 2.30. The summed E-state index contributed by atoms with van der Waals surface area (Å²) in [7, 11) is -1.03. The Morgan fingerprint density at radius 2 is 2.15 bits per heavy atom. The Bertz CT molecular complexity index is 583. The summed E-state index contributed by atoms with van der Waals surface area (Å²) >= 11 is 6.34. The lowest BCUT2D eigenvalue weighted by atomic mass is 10.1. The Kier molecular flexibility index (Phi) is 4.76. The van der Waals surface area contributed by atoms with E-state index in [-0.39, 0.29) is 11.8 Å². The summed E-state index contributed by atoms with van der Waals surface area (Å²) in [5.74, 6) is 0.246. The third-order valence-corrected chi connectivity index (χ3v) is 5.33. The molecule has 0 amide bonds. The molecule has 0 aromatic carbocycles. The molecule has 0 saturated carbocycles. The standard InChI is InChI=1S/C13H22ClN3O2S/c1-10-12(13(14)16(2)15-10)11-6-4-7-17(11)8-5-9-20(3,18)19/h11H,4-9H2,1-3H3/t11-/m0/s1. The topological polar surface area (TPSA) is 55.2 Å². The highest BCUT2D eigenvalue weighted by Crippen LogP contribution is 2.37. The van der Waals surface area contributed by atoms with Gasteiger partial charge in [-0.3, -0.25) is 9.58 Å². The van der Waals surface area contributed by atoms with E-state index < -0.39 is 9.84 Å². The summed E-state index contributed by atoms with van der Waals surface area (Å²) in [6, 6.07) is 0.274.